The third-order valence-corrected chi connectivity index (χ3v) is 4.78. The molecule has 1 heterocycles. The number of pyridine rings is 1. The number of benzene rings is 1. The molecule has 1 amide bonds. The number of rotatable bonds is 7. The molecule has 1 aliphatic carbocycles. The van der Waals surface area contributed by atoms with Gasteiger partial charge in [0.2, 0.25) is 0 Å². The van der Waals surface area contributed by atoms with Gasteiger partial charge in [0.25, 0.3) is 5.91 Å². The minimum atomic E-state index is -0.187. The van der Waals surface area contributed by atoms with Crippen LogP contribution in [0.5, 0.6) is 0 Å². The van der Waals surface area contributed by atoms with Gasteiger partial charge in [0.1, 0.15) is 5.69 Å². The first-order valence-electron chi connectivity index (χ1n) is 9.52. The normalized spacial score (nSPS) is 13.8. The van der Waals surface area contributed by atoms with Crippen LogP contribution in [-0.4, -0.2) is 17.4 Å². The van der Waals surface area contributed by atoms with Gasteiger partial charge in [0, 0.05) is 12.2 Å². The molecule has 0 fully saturated rings. The molecule has 0 radical (unpaired) electrons. The van der Waals surface area contributed by atoms with Crippen LogP contribution >= 0.6 is 0 Å². The molecule has 2 N–H and O–H groups in total. The number of hydrogen-bond acceptors (Lipinski definition) is 3. The van der Waals surface area contributed by atoms with E-state index in [9.17, 15) is 4.79 Å². The number of amides is 1. The van der Waals surface area contributed by atoms with Crippen LogP contribution in [0.25, 0.3) is 0 Å². The lowest BCUT2D eigenvalue weighted by Crippen LogP contribution is -2.14. The van der Waals surface area contributed by atoms with Crippen molar-refractivity contribution in [3.8, 4) is 0 Å². The molecule has 0 saturated heterocycles. The fourth-order valence-electron chi connectivity index (χ4n) is 3.15. The van der Waals surface area contributed by atoms with Gasteiger partial charge >= 0.3 is 0 Å². The van der Waals surface area contributed by atoms with E-state index in [0.29, 0.717) is 5.69 Å². The Kier molecular flexibility index (Phi) is 6.42. The predicted molar refractivity (Wildman–Crippen MR) is 108 cm³/mol. The molecule has 0 spiro atoms. The van der Waals surface area contributed by atoms with Crippen molar-refractivity contribution in [3.63, 3.8) is 0 Å². The molecule has 26 heavy (non-hydrogen) atoms. The van der Waals surface area contributed by atoms with Gasteiger partial charge in [-0.3, -0.25) is 4.79 Å². The number of anilines is 2. The van der Waals surface area contributed by atoms with Gasteiger partial charge < -0.3 is 10.6 Å². The van der Waals surface area contributed by atoms with Gasteiger partial charge in [-0.2, -0.15) is 0 Å². The van der Waals surface area contributed by atoms with Crippen LogP contribution < -0.4 is 10.6 Å². The summed E-state index contributed by atoms with van der Waals surface area (Å²) in [5, 5.41) is 6.27. The molecule has 1 aromatic heterocycles. The van der Waals surface area contributed by atoms with Crippen LogP contribution in [0, 0.1) is 0 Å². The van der Waals surface area contributed by atoms with Crippen molar-refractivity contribution in [2.45, 2.75) is 45.4 Å². The molecule has 1 aliphatic rings. The zero-order valence-electron chi connectivity index (χ0n) is 15.4. The summed E-state index contributed by atoms with van der Waals surface area (Å²) in [7, 11) is 0. The van der Waals surface area contributed by atoms with Gasteiger partial charge in [0.05, 0.1) is 11.9 Å². The molecule has 1 aromatic carbocycles. The summed E-state index contributed by atoms with van der Waals surface area (Å²) < 4.78 is 0. The fraction of sp³-hybridized carbons (Fsp3) is 0.364. The number of allylic oxidation sites excluding steroid dienone is 1. The molecule has 4 nitrogen and oxygen atoms in total. The monoisotopic (exact) mass is 349 g/mol. The Hall–Kier alpha value is -2.62. The molecule has 2 aromatic rings. The van der Waals surface area contributed by atoms with Crippen LogP contribution in [0.15, 0.2) is 54.2 Å². The highest BCUT2D eigenvalue weighted by molar-refractivity contribution is 6.02. The van der Waals surface area contributed by atoms with E-state index in [1.807, 2.05) is 30.3 Å². The molecule has 4 heteroatoms. The third-order valence-electron chi connectivity index (χ3n) is 4.78. The largest absolute Gasteiger partial charge is 0.383 e. The summed E-state index contributed by atoms with van der Waals surface area (Å²) in [4.78, 5) is 16.6. The molecular formula is C22H27N3O. The SMILES string of the molecule is CCc1ccc(NC(=O)c2ccc(NCCC3=CCCCC3)cn2)cc1. The molecular weight excluding hydrogens is 322 g/mol. The summed E-state index contributed by atoms with van der Waals surface area (Å²) in [6, 6.07) is 11.6. The van der Waals surface area contributed by atoms with Crippen LogP contribution in [0.3, 0.4) is 0 Å². The van der Waals surface area contributed by atoms with Crippen molar-refractivity contribution in [1.82, 2.24) is 4.98 Å². The number of nitrogens with one attached hydrogen (secondary N) is 2. The van der Waals surface area contributed by atoms with E-state index in [2.05, 4.69) is 28.6 Å². The molecule has 0 bridgehead atoms. The highest BCUT2D eigenvalue weighted by Gasteiger charge is 2.08. The maximum absolute atomic E-state index is 12.3. The van der Waals surface area contributed by atoms with E-state index in [1.54, 1.807) is 17.8 Å². The van der Waals surface area contributed by atoms with E-state index >= 15 is 0 Å². The van der Waals surface area contributed by atoms with Gasteiger partial charge in [-0.05, 0) is 68.4 Å². The van der Waals surface area contributed by atoms with Gasteiger partial charge in [-0.1, -0.05) is 30.7 Å². The number of nitrogens with zero attached hydrogens (tertiary/aromatic N) is 1. The smallest absolute Gasteiger partial charge is 0.274 e. The highest BCUT2D eigenvalue weighted by atomic mass is 16.1. The van der Waals surface area contributed by atoms with Gasteiger partial charge in [-0.25, -0.2) is 4.98 Å². The minimum absolute atomic E-state index is 0.187. The second-order valence-corrected chi connectivity index (χ2v) is 6.72. The van der Waals surface area contributed by atoms with E-state index in [0.717, 1.165) is 30.8 Å². The lowest BCUT2D eigenvalue weighted by Gasteiger charge is -2.13. The van der Waals surface area contributed by atoms with E-state index < -0.39 is 0 Å². The summed E-state index contributed by atoms with van der Waals surface area (Å²) in [6.45, 7) is 3.02. The Bertz CT molecular complexity index is 748. The average Bonchev–Trinajstić information content (AvgIpc) is 2.70. The van der Waals surface area contributed by atoms with Crippen LogP contribution in [0.4, 0.5) is 11.4 Å². The van der Waals surface area contributed by atoms with Gasteiger partial charge in [0.15, 0.2) is 0 Å². The molecule has 0 saturated carbocycles. The lowest BCUT2D eigenvalue weighted by atomic mass is 9.97. The van der Waals surface area contributed by atoms with E-state index in [-0.39, 0.29) is 5.91 Å². The predicted octanol–water partition coefficient (Wildman–Crippen LogP) is 5.20. The number of carbonyl (C=O) groups is 1. The number of hydrogen-bond donors (Lipinski definition) is 2. The second-order valence-electron chi connectivity index (χ2n) is 6.72. The Morgan fingerprint density at radius 1 is 1.08 bits per heavy atom. The highest BCUT2D eigenvalue weighted by Crippen LogP contribution is 2.20. The number of aryl methyl sites for hydroxylation is 1. The zero-order valence-corrected chi connectivity index (χ0v) is 15.4. The summed E-state index contributed by atoms with van der Waals surface area (Å²) >= 11 is 0. The standard InChI is InChI=1S/C22H27N3O/c1-2-17-8-10-19(11-9-17)25-22(26)21-13-12-20(16-24-21)23-15-14-18-6-4-3-5-7-18/h6,8-13,16,23H,2-5,7,14-15H2,1H3,(H,25,26). The van der Waals surface area contributed by atoms with Crippen molar-refractivity contribution < 1.29 is 4.79 Å². The van der Waals surface area contributed by atoms with Crippen LogP contribution in [-0.2, 0) is 6.42 Å². The maximum Gasteiger partial charge on any atom is 0.274 e. The molecule has 136 valence electrons. The Balaban J connectivity index is 1.49. The Morgan fingerprint density at radius 3 is 2.54 bits per heavy atom. The first-order valence-corrected chi connectivity index (χ1v) is 9.52. The van der Waals surface area contributed by atoms with Crippen LogP contribution in [0.2, 0.25) is 0 Å². The van der Waals surface area contributed by atoms with Gasteiger partial charge in [-0.15, -0.1) is 0 Å². The summed E-state index contributed by atoms with van der Waals surface area (Å²) in [6.07, 6.45) is 11.3. The van der Waals surface area contributed by atoms with Crippen molar-refractivity contribution in [2.75, 3.05) is 17.2 Å². The number of aromatic nitrogens is 1. The van der Waals surface area contributed by atoms with Crippen molar-refractivity contribution in [1.29, 1.82) is 0 Å². The second kappa shape index (κ2) is 9.18. The molecule has 0 unspecified atom stereocenters. The summed E-state index contributed by atoms with van der Waals surface area (Å²) in [5.74, 6) is -0.187. The molecule has 3 rings (SSSR count). The first-order chi connectivity index (χ1) is 12.7. The topological polar surface area (TPSA) is 54.0 Å². The van der Waals surface area contributed by atoms with Crippen molar-refractivity contribution in [3.05, 3.63) is 65.5 Å². The van der Waals surface area contributed by atoms with Crippen molar-refractivity contribution in [2.24, 2.45) is 0 Å². The van der Waals surface area contributed by atoms with E-state index in [1.165, 1.54) is 31.2 Å². The summed E-state index contributed by atoms with van der Waals surface area (Å²) in [5.41, 5.74) is 4.97. The van der Waals surface area contributed by atoms with Crippen molar-refractivity contribution >= 4 is 17.3 Å². The first kappa shape index (κ1) is 18.2. The van der Waals surface area contributed by atoms with Crippen LogP contribution in [0.1, 0.15) is 55.1 Å². The third kappa shape index (κ3) is 5.19. The Morgan fingerprint density at radius 2 is 1.88 bits per heavy atom. The minimum Gasteiger partial charge on any atom is -0.383 e. The molecule has 0 aliphatic heterocycles. The maximum atomic E-state index is 12.3. The zero-order chi connectivity index (χ0) is 18.2. The molecule has 0 atom stereocenters. The lowest BCUT2D eigenvalue weighted by molar-refractivity contribution is 0.102. The van der Waals surface area contributed by atoms with E-state index in [4.69, 9.17) is 0 Å². The quantitative estimate of drug-likeness (QED) is 0.676. The Labute approximate surface area is 155 Å². The number of carbonyl (C=O) groups excluding carboxylic acids is 1. The fourth-order valence-corrected chi connectivity index (χ4v) is 3.15. The average molecular weight is 349 g/mol.